The molecule has 108 valence electrons. The highest BCUT2D eigenvalue weighted by molar-refractivity contribution is 5.72. The first kappa shape index (κ1) is 12.3. The zero-order valence-corrected chi connectivity index (χ0v) is 11.3. The average Bonchev–Trinajstić information content (AvgIpc) is 2.89. The summed E-state index contributed by atoms with van der Waals surface area (Å²) >= 11 is 0. The Balaban J connectivity index is 1.41. The minimum absolute atomic E-state index is 0.0640. The molecule has 2 bridgehead atoms. The van der Waals surface area contributed by atoms with Crippen molar-refractivity contribution in [2.75, 3.05) is 0 Å². The lowest BCUT2D eigenvalue weighted by Gasteiger charge is -2.28. The molecule has 1 aromatic heterocycles. The van der Waals surface area contributed by atoms with Crippen LogP contribution in [0, 0.1) is 17.8 Å². The number of aliphatic carboxylic acids is 1. The van der Waals surface area contributed by atoms with Gasteiger partial charge in [-0.15, -0.1) is 0 Å². The molecule has 3 saturated carbocycles. The number of carboxylic acid groups (broad SMARTS) is 1. The molecule has 0 amide bonds. The number of rotatable bonds is 5. The van der Waals surface area contributed by atoms with Crippen LogP contribution in [0.4, 0.5) is 0 Å². The van der Waals surface area contributed by atoms with Crippen molar-refractivity contribution in [2.45, 2.75) is 50.6 Å². The van der Waals surface area contributed by atoms with E-state index in [0.29, 0.717) is 30.1 Å². The molecule has 3 aliphatic carbocycles. The first-order valence-electron chi connectivity index (χ1n) is 7.51. The van der Waals surface area contributed by atoms with E-state index in [9.17, 15) is 9.90 Å². The first-order valence-corrected chi connectivity index (χ1v) is 7.51. The Labute approximate surface area is 116 Å². The van der Waals surface area contributed by atoms with Crippen molar-refractivity contribution in [2.24, 2.45) is 17.8 Å². The van der Waals surface area contributed by atoms with Crippen LogP contribution in [0.3, 0.4) is 0 Å². The molecule has 0 radical (unpaired) electrons. The standard InChI is InChI=1S/C14H19N3O3/c18-14(19)11-8-3-4-9(5-8)12(11)15-6-10-16-13(20-17-10)7-1-2-7/h7-9,11-12,15H,1-6H2,(H,18,19). The van der Waals surface area contributed by atoms with Gasteiger partial charge in [-0.25, -0.2) is 0 Å². The van der Waals surface area contributed by atoms with E-state index in [0.717, 1.165) is 38.0 Å². The molecule has 6 nitrogen and oxygen atoms in total. The second-order valence-electron chi connectivity index (χ2n) is 6.43. The second-order valence-corrected chi connectivity index (χ2v) is 6.43. The van der Waals surface area contributed by atoms with Crippen LogP contribution < -0.4 is 5.32 Å². The van der Waals surface area contributed by atoms with Gasteiger partial charge < -0.3 is 14.9 Å². The summed E-state index contributed by atoms with van der Waals surface area (Å²) in [6.45, 7) is 0.508. The zero-order valence-electron chi connectivity index (χ0n) is 11.3. The van der Waals surface area contributed by atoms with Gasteiger partial charge in [-0.05, 0) is 43.9 Å². The van der Waals surface area contributed by atoms with E-state index in [-0.39, 0.29) is 12.0 Å². The highest BCUT2D eigenvalue weighted by atomic mass is 16.5. The lowest BCUT2D eigenvalue weighted by molar-refractivity contribution is -0.144. The van der Waals surface area contributed by atoms with Gasteiger partial charge in [0.2, 0.25) is 5.89 Å². The second kappa shape index (κ2) is 4.55. The fraction of sp³-hybridized carbons (Fsp3) is 0.786. The molecule has 3 aliphatic rings. The summed E-state index contributed by atoms with van der Waals surface area (Å²) in [6, 6.07) is 0.0640. The molecule has 1 aromatic rings. The molecule has 3 fully saturated rings. The third kappa shape index (κ3) is 2.02. The minimum atomic E-state index is -0.665. The Hall–Kier alpha value is -1.43. The van der Waals surface area contributed by atoms with Gasteiger partial charge >= 0.3 is 5.97 Å². The van der Waals surface area contributed by atoms with Gasteiger partial charge in [-0.2, -0.15) is 4.98 Å². The van der Waals surface area contributed by atoms with Crippen LogP contribution in [0.5, 0.6) is 0 Å². The van der Waals surface area contributed by atoms with Crippen molar-refractivity contribution in [3.63, 3.8) is 0 Å². The Morgan fingerprint density at radius 3 is 2.85 bits per heavy atom. The third-order valence-electron chi connectivity index (χ3n) is 5.11. The monoisotopic (exact) mass is 277 g/mol. The quantitative estimate of drug-likeness (QED) is 0.848. The molecule has 2 N–H and O–H groups in total. The summed E-state index contributed by atoms with van der Waals surface area (Å²) in [4.78, 5) is 15.8. The van der Waals surface area contributed by atoms with Gasteiger partial charge in [0.25, 0.3) is 0 Å². The highest BCUT2D eigenvalue weighted by Gasteiger charge is 2.50. The van der Waals surface area contributed by atoms with E-state index < -0.39 is 5.97 Å². The van der Waals surface area contributed by atoms with Crippen molar-refractivity contribution < 1.29 is 14.4 Å². The largest absolute Gasteiger partial charge is 0.481 e. The lowest BCUT2D eigenvalue weighted by Crippen LogP contribution is -2.44. The molecule has 0 aliphatic heterocycles. The maximum Gasteiger partial charge on any atom is 0.308 e. The molecule has 0 saturated heterocycles. The van der Waals surface area contributed by atoms with E-state index in [1.165, 1.54) is 0 Å². The summed E-state index contributed by atoms with van der Waals surface area (Å²) < 4.78 is 5.22. The Bertz CT molecular complexity index is 525. The molecule has 20 heavy (non-hydrogen) atoms. The summed E-state index contributed by atoms with van der Waals surface area (Å²) in [7, 11) is 0. The van der Waals surface area contributed by atoms with Crippen molar-refractivity contribution >= 4 is 5.97 Å². The molecule has 6 heteroatoms. The van der Waals surface area contributed by atoms with Gasteiger partial charge in [-0.1, -0.05) is 5.16 Å². The number of hydrogen-bond acceptors (Lipinski definition) is 5. The van der Waals surface area contributed by atoms with Crippen molar-refractivity contribution in [1.29, 1.82) is 0 Å². The SMILES string of the molecule is O=C(O)C1C2CCC(C2)C1NCc1noc(C2CC2)n1. The van der Waals surface area contributed by atoms with Gasteiger partial charge in [0, 0.05) is 12.0 Å². The molecule has 4 atom stereocenters. The van der Waals surface area contributed by atoms with E-state index in [1.54, 1.807) is 0 Å². The smallest absolute Gasteiger partial charge is 0.308 e. The average molecular weight is 277 g/mol. The van der Waals surface area contributed by atoms with E-state index >= 15 is 0 Å². The van der Waals surface area contributed by atoms with Crippen LogP contribution in [0.1, 0.15) is 49.7 Å². The number of aromatic nitrogens is 2. The maximum atomic E-state index is 11.4. The topological polar surface area (TPSA) is 88.2 Å². The predicted octanol–water partition coefficient (Wildman–Crippen LogP) is 1.54. The Kier molecular flexibility index (Phi) is 2.80. The molecular weight excluding hydrogens is 258 g/mol. The molecule has 4 unspecified atom stereocenters. The molecule has 1 heterocycles. The zero-order chi connectivity index (χ0) is 13.7. The number of fused-ring (bicyclic) bond motifs is 2. The number of nitrogens with one attached hydrogen (secondary N) is 1. The molecule has 0 spiro atoms. The number of hydrogen-bond donors (Lipinski definition) is 2. The van der Waals surface area contributed by atoms with E-state index in [2.05, 4.69) is 15.5 Å². The molecule has 4 rings (SSSR count). The Morgan fingerprint density at radius 1 is 1.30 bits per heavy atom. The fourth-order valence-electron chi connectivity index (χ4n) is 3.98. The van der Waals surface area contributed by atoms with Crippen LogP contribution >= 0.6 is 0 Å². The van der Waals surface area contributed by atoms with Crippen LogP contribution in [-0.2, 0) is 11.3 Å². The van der Waals surface area contributed by atoms with E-state index in [4.69, 9.17) is 4.52 Å². The van der Waals surface area contributed by atoms with Gasteiger partial charge in [0.05, 0.1) is 12.5 Å². The summed E-state index contributed by atoms with van der Waals surface area (Å²) in [5.41, 5.74) is 0. The van der Waals surface area contributed by atoms with Crippen molar-refractivity contribution in [3.8, 4) is 0 Å². The van der Waals surface area contributed by atoms with E-state index in [1.807, 2.05) is 0 Å². The minimum Gasteiger partial charge on any atom is -0.481 e. The van der Waals surface area contributed by atoms with Crippen LogP contribution in [0.25, 0.3) is 0 Å². The fourth-order valence-corrected chi connectivity index (χ4v) is 3.98. The van der Waals surface area contributed by atoms with Gasteiger partial charge in [-0.3, -0.25) is 4.79 Å². The number of carbonyl (C=O) groups is 1. The maximum absolute atomic E-state index is 11.4. The first-order chi connectivity index (χ1) is 9.72. The summed E-state index contributed by atoms with van der Waals surface area (Å²) in [5.74, 6) is 1.79. The number of carboxylic acids is 1. The normalized spacial score (nSPS) is 35.6. The van der Waals surface area contributed by atoms with Gasteiger partial charge in [0.15, 0.2) is 5.82 Å². The molecular formula is C14H19N3O3. The lowest BCUT2D eigenvalue weighted by atomic mass is 9.84. The third-order valence-corrected chi connectivity index (χ3v) is 5.11. The Morgan fingerprint density at radius 2 is 2.10 bits per heavy atom. The molecule has 0 aromatic carbocycles. The van der Waals surface area contributed by atoms with Crippen LogP contribution in [-0.4, -0.2) is 27.3 Å². The van der Waals surface area contributed by atoms with Crippen molar-refractivity contribution in [3.05, 3.63) is 11.7 Å². The van der Waals surface area contributed by atoms with Crippen molar-refractivity contribution in [1.82, 2.24) is 15.5 Å². The number of nitrogens with zero attached hydrogens (tertiary/aromatic N) is 2. The summed E-state index contributed by atoms with van der Waals surface area (Å²) in [6.07, 6.45) is 5.54. The van der Waals surface area contributed by atoms with Crippen LogP contribution in [0.2, 0.25) is 0 Å². The summed E-state index contributed by atoms with van der Waals surface area (Å²) in [5, 5.41) is 16.7. The highest BCUT2D eigenvalue weighted by Crippen LogP contribution is 2.48. The predicted molar refractivity (Wildman–Crippen MR) is 68.9 cm³/mol. The van der Waals surface area contributed by atoms with Crippen LogP contribution in [0.15, 0.2) is 4.52 Å². The van der Waals surface area contributed by atoms with Gasteiger partial charge in [0.1, 0.15) is 0 Å².